The first-order valence-corrected chi connectivity index (χ1v) is 9.91. The van der Waals surface area contributed by atoms with E-state index in [1.54, 1.807) is 0 Å². The van der Waals surface area contributed by atoms with Crippen LogP contribution in [0.1, 0.15) is 48.3 Å². The highest BCUT2D eigenvalue weighted by Gasteiger charge is 2.24. The second-order valence-corrected chi connectivity index (χ2v) is 7.09. The van der Waals surface area contributed by atoms with Crippen LogP contribution in [-0.4, -0.2) is 36.7 Å². The molecule has 1 atom stereocenters. The Morgan fingerprint density at radius 1 is 1.31 bits per heavy atom. The lowest BCUT2D eigenvalue weighted by Crippen LogP contribution is -2.38. The molecule has 3 rings (SSSR count). The number of hydrogen-bond donors (Lipinski definition) is 3. The molecule has 29 heavy (non-hydrogen) atoms. The van der Waals surface area contributed by atoms with Crippen molar-refractivity contribution in [3.63, 3.8) is 0 Å². The zero-order chi connectivity index (χ0) is 19.9. The van der Waals surface area contributed by atoms with Crippen molar-refractivity contribution in [2.45, 2.75) is 46.0 Å². The van der Waals surface area contributed by atoms with Crippen LogP contribution in [-0.2, 0) is 11.2 Å². The summed E-state index contributed by atoms with van der Waals surface area (Å²) in [5, 5.41) is 13.6. The number of benzene rings is 1. The van der Waals surface area contributed by atoms with Gasteiger partial charge < -0.3 is 20.5 Å². The fourth-order valence-electron chi connectivity index (χ4n) is 3.54. The fraction of sp³-hybridized carbons (Fsp3) is 0.476. The lowest BCUT2D eigenvalue weighted by molar-refractivity contribution is -0.116. The van der Waals surface area contributed by atoms with Crippen LogP contribution in [0.5, 0.6) is 0 Å². The number of fused-ring (bicyclic) bond motifs is 1. The molecule has 7 nitrogen and oxygen atoms in total. The van der Waals surface area contributed by atoms with E-state index < -0.39 is 0 Å². The summed E-state index contributed by atoms with van der Waals surface area (Å²) in [6.45, 7) is 8.14. The van der Waals surface area contributed by atoms with E-state index in [0.29, 0.717) is 13.0 Å². The smallest absolute Gasteiger partial charge is 0.225 e. The van der Waals surface area contributed by atoms with Crippen LogP contribution in [0.3, 0.4) is 0 Å². The van der Waals surface area contributed by atoms with E-state index in [1.807, 2.05) is 39.0 Å². The number of aliphatic imine (C=N–C) groups is 1. The lowest BCUT2D eigenvalue weighted by atomic mass is 9.91. The largest absolute Gasteiger partial charge is 0.361 e. The molecule has 0 radical (unpaired) electrons. The van der Waals surface area contributed by atoms with Crippen LogP contribution in [0, 0.1) is 13.8 Å². The molecule has 8 heteroatoms. The Balaban J connectivity index is 0.00000300. The average Bonchev–Trinajstić information content (AvgIpc) is 3.00. The van der Waals surface area contributed by atoms with Gasteiger partial charge in [-0.05, 0) is 45.2 Å². The van der Waals surface area contributed by atoms with Crippen LogP contribution in [0.15, 0.2) is 33.8 Å². The molecule has 0 spiro atoms. The number of halogens is 1. The molecule has 0 fully saturated rings. The van der Waals surface area contributed by atoms with E-state index in [9.17, 15) is 4.79 Å². The average molecular weight is 511 g/mol. The molecule has 1 amide bonds. The van der Waals surface area contributed by atoms with E-state index in [4.69, 9.17) is 9.52 Å². The number of anilines is 1. The van der Waals surface area contributed by atoms with E-state index in [2.05, 4.69) is 27.2 Å². The highest BCUT2D eigenvalue weighted by molar-refractivity contribution is 14.0. The highest BCUT2D eigenvalue weighted by atomic mass is 127. The maximum absolute atomic E-state index is 12.0. The number of nitrogens with one attached hydrogen (secondary N) is 3. The zero-order valence-electron chi connectivity index (χ0n) is 17.2. The molecule has 2 heterocycles. The predicted octanol–water partition coefficient (Wildman–Crippen LogP) is 3.52. The number of amides is 1. The third-order valence-corrected chi connectivity index (χ3v) is 5.00. The van der Waals surface area contributed by atoms with E-state index in [0.717, 1.165) is 54.6 Å². The molecule has 1 aliphatic heterocycles. The van der Waals surface area contributed by atoms with Crippen LogP contribution in [0.4, 0.5) is 5.69 Å². The van der Waals surface area contributed by atoms with Crippen LogP contribution < -0.4 is 16.0 Å². The molecular formula is C21H30IN5O2. The maximum Gasteiger partial charge on any atom is 0.225 e. The normalized spacial score (nSPS) is 15.9. The molecule has 158 valence electrons. The van der Waals surface area contributed by atoms with Gasteiger partial charge in [0.2, 0.25) is 5.91 Å². The van der Waals surface area contributed by atoms with Crippen molar-refractivity contribution in [2.24, 2.45) is 4.99 Å². The maximum atomic E-state index is 12.0. The summed E-state index contributed by atoms with van der Waals surface area (Å²) < 4.78 is 5.22. The number of rotatable bonds is 7. The Labute approximate surface area is 189 Å². The van der Waals surface area contributed by atoms with Gasteiger partial charge in [0, 0.05) is 36.7 Å². The molecule has 1 aromatic heterocycles. The monoisotopic (exact) mass is 511 g/mol. The van der Waals surface area contributed by atoms with Gasteiger partial charge in [-0.2, -0.15) is 0 Å². The molecule has 1 aromatic carbocycles. The Kier molecular flexibility index (Phi) is 8.94. The minimum absolute atomic E-state index is 0. The van der Waals surface area contributed by atoms with Gasteiger partial charge >= 0.3 is 0 Å². The number of carbonyl (C=O) groups excluding carboxylic acids is 1. The van der Waals surface area contributed by atoms with Crippen molar-refractivity contribution in [1.82, 2.24) is 15.8 Å². The molecule has 1 aliphatic rings. The first kappa shape index (κ1) is 23.2. The fourth-order valence-corrected chi connectivity index (χ4v) is 3.54. The Bertz CT molecular complexity index is 830. The van der Waals surface area contributed by atoms with Gasteiger partial charge in [-0.25, -0.2) is 0 Å². The standard InChI is InChI=1S/C21H29N5O2.HI/c1-4-22-21(23-11-7-9-17-14(2)26-28-15(17)3)24-13-16-12-20(27)25-19-10-6-5-8-18(16)19;/h5-6,8,10,16H,4,7,9,11-13H2,1-3H3,(H,25,27)(H2,22,23,24);1H. The first-order valence-electron chi connectivity index (χ1n) is 9.91. The van der Waals surface area contributed by atoms with Crippen molar-refractivity contribution in [1.29, 1.82) is 0 Å². The summed E-state index contributed by atoms with van der Waals surface area (Å²) in [6, 6.07) is 7.96. The summed E-state index contributed by atoms with van der Waals surface area (Å²) in [4.78, 5) is 16.7. The molecule has 0 saturated carbocycles. The number of hydrogen-bond acceptors (Lipinski definition) is 4. The summed E-state index contributed by atoms with van der Waals surface area (Å²) in [6.07, 6.45) is 2.34. The number of para-hydroxylation sites is 1. The number of guanidine groups is 1. The summed E-state index contributed by atoms with van der Waals surface area (Å²) in [7, 11) is 0. The van der Waals surface area contributed by atoms with Gasteiger partial charge in [0.1, 0.15) is 5.76 Å². The van der Waals surface area contributed by atoms with E-state index in [-0.39, 0.29) is 35.8 Å². The number of aromatic nitrogens is 1. The Morgan fingerprint density at radius 2 is 2.10 bits per heavy atom. The van der Waals surface area contributed by atoms with E-state index in [1.165, 1.54) is 5.56 Å². The third kappa shape index (κ3) is 6.19. The molecule has 0 aliphatic carbocycles. The number of aryl methyl sites for hydroxylation is 2. The molecule has 0 saturated heterocycles. The van der Waals surface area contributed by atoms with Gasteiger partial charge in [0.05, 0.1) is 12.2 Å². The van der Waals surface area contributed by atoms with Gasteiger partial charge in [-0.3, -0.25) is 9.79 Å². The van der Waals surface area contributed by atoms with E-state index >= 15 is 0 Å². The second kappa shape index (κ2) is 11.2. The van der Waals surface area contributed by atoms with Crippen molar-refractivity contribution in [3.05, 3.63) is 46.8 Å². The van der Waals surface area contributed by atoms with Crippen LogP contribution in [0.2, 0.25) is 0 Å². The molecule has 0 bridgehead atoms. The lowest BCUT2D eigenvalue weighted by Gasteiger charge is -2.24. The zero-order valence-corrected chi connectivity index (χ0v) is 19.6. The SMILES string of the molecule is CCNC(=NCC1CC(=O)Nc2ccccc21)NCCCc1c(C)noc1C.I. The highest BCUT2D eigenvalue weighted by Crippen LogP contribution is 2.31. The Morgan fingerprint density at radius 3 is 2.83 bits per heavy atom. The van der Waals surface area contributed by atoms with Gasteiger partial charge in [0.25, 0.3) is 0 Å². The molecule has 2 aromatic rings. The number of carbonyl (C=O) groups is 1. The van der Waals surface area contributed by atoms with Gasteiger partial charge in [-0.1, -0.05) is 23.4 Å². The quantitative estimate of drug-likeness (QED) is 0.229. The van der Waals surface area contributed by atoms with Crippen LogP contribution >= 0.6 is 24.0 Å². The first-order chi connectivity index (χ1) is 13.6. The summed E-state index contributed by atoms with van der Waals surface area (Å²) in [5.74, 6) is 1.83. The summed E-state index contributed by atoms with van der Waals surface area (Å²) in [5.41, 5.74) is 4.21. The topological polar surface area (TPSA) is 91.5 Å². The minimum atomic E-state index is 0. The van der Waals surface area contributed by atoms with Crippen molar-refractivity contribution in [2.75, 3.05) is 25.0 Å². The number of nitrogens with zero attached hydrogens (tertiary/aromatic N) is 2. The van der Waals surface area contributed by atoms with Crippen LogP contribution in [0.25, 0.3) is 0 Å². The third-order valence-electron chi connectivity index (χ3n) is 5.00. The molecule has 1 unspecified atom stereocenters. The van der Waals surface area contributed by atoms with Gasteiger partial charge in [-0.15, -0.1) is 24.0 Å². The molecular weight excluding hydrogens is 481 g/mol. The summed E-state index contributed by atoms with van der Waals surface area (Å²) >= 11 is 0. The van der Waals surface area contributed by atoms with Crippen molar-refractivity contribution in [3.8, 4) is 0 Å². The van der Waals surface area contributed by atoms with Gasteiger partial charge in [0.15, 0.2) is 5.96 Å². The minimum Gasteiger partial charge on any atom is -0.361 e. The second-order valence-electron chi connectivity index (χ2n) is 7.09. The molecule has 3 N–H and O–H groups in total. The van der Waals surface area contributed by atoms with Crippen molar-refractivity contribution >= 4 is 41.5 Å². The predicted molar refractivity (Wildman–Crippen MR) is 126 cm³/mol. The van der Waals surface area contributed by atoms with Crippen molar-refractivity contribution < 1.29 is 9.32 Å². The Hall–Kier alpha value is -2.10.